The SMILES string of the molecule is O=C(Nc1cnc(N2CCCCCC2)nc1)c1ccccc1Br. The summed E-state index contributed by atoms with van der Waals surface area (Å²) in [5.74, 6) is 0.564. The average molecular weight is 375 g/mol. The number of nitrogens with zero attached hydrogens (tertiary/aromatic N) is 3. The number of halogens is 1. The molecule has 0 aliphatic carbocycles. The number of hydrogen-bond acceptors (Lipinski definition) is 4. The first-order valence-corrected chi connectivity index (χ1v) is 8.66. The number of anilines is 2. The minimum Gasteiger partial charge on any atom is -0.341 e. The lowest BCUT2D eigenvalue weighted by Crippen LogP contribution is -2.26. The molecule has 1 aliphatic rings. The molecule has 0 spiro atoms. The second kappa shape index (κ2) is 7.55. The van der Waals surface area contributed by atoms with Crippen molar-refractivity contribution in [1.82, 2.24) is 9.97 Å². The first-order chi connectivity index (χ1) is 11.2. The van der Waals surface area contributed by atoms with Gasteiger partial charge in [-0.15, -0.1) is 0 Å². The van der Waals surface area contributed by atoms with E-state index in [9.17, 15) is 4.79 Å². The zero-order valence-electron chi connectivity index (χ0n) is 12.8. The molecule has 1 aromatic heterocycles. The fourth-order valence-electron chi connectivity index (χ4n) is 2.66. The van der Waals surface area contributed by atoms with Gasteiger partial charge in [-0.2, -0.15) is 0 Å². The van der Waals surface area contributed by atoms with E-state index in [0.29, 0.717) is 11.3 Å². The van der Waals surface area contributed by atoms with E-state index < -0.39 is 0 Å². The number of carbonyl (C=O) groups is 1. The van der Waals surface area contributed by atoms with Gasteiger partial charge in [-0.25, -0.2) is 9.97 Å². The van der Waals surface area contributed by atoms with E-state index >= 15 is 0 Å². The third-order valence-electron chi connectivity index (χ3n) is 3.90. The van der Waals surface area contributed by atoms with Crippen molar-refractivity contribution in [3.05, 3.63) is 46.7 Å². The van der Waals surface area contributed by atoms with Crippen LogP contribution in [0.5, 0.6) is 0 Å². The van der Waals surface area contributed by atoms with E-state index in [1.165, 1.54) is 25.7 Å². The molecule has 1 aromatic carbocycles. The monoisotopic (exact) mass is 374 g/mol. The van der Waals surface area contributed by atoms with E-state index in [-0.39, 0.29) is 5.91 Å². The van der Waals surface area contributed by atoms with Crippen molar-refractivity contribution in [2.24, 2.45) is 0 Å². The van der Waals surface area contributed by atoms with Crippen LogP contribution in [0.2, 0.25) is 0 Å². The molecule has 2 aromatic rings. The summed E-state index contributed by atoms with van der Waals surface area (Å²) in [6, 6.07) is 7.32. The Balaban J connectivity index is 1.67. The van der Waals surface area contributed by atoms with Crippen LogP contribution in [0.1, 0.15) is 36.0 Å². The van der Waals surface area contributed by atoms with Gasteiger partial charge in [0.15, 0.2) is 0 Å². The zero-order chi connectivity index (χ0) is 16.1. The predicted octanol–water partition coefficient (Wildman–Crippen LogP) is 3.87. The molecule has 1 aliphatic heterocycles. The molecule has 6 heteroatoms. The van der Waals surface area contributed by atoms with Crippen LogP contribution in [0.15, 0.2) is 41.1 Å². The van der Waals surface area contributed by atoms with Crippen LogP contribution < -0.4 is 10.2 Å². The molecular weight excluding hydrogens is 356 g/mol. The number of nitrogens with one attached hydrogen (secondary N) is 1. The minimum absolute atomic E-state index is 0.177. The lowest BCUT2D eigenvalue weighted by atomic mass is 10.2. The van der Waals surface area contributed by atoms with Crippen molar-refractivity contribution >= 4 is 33.5 Å². The van der Waals surface area contributed by atoms with Gasteiger partial charge in [0.25, 0.3) is 5.91 Å². The lowest BCUT2D eigenvalue weighted by Gasteiger charge is -2.19. The molecule has 1 amide bonds. The summed E-state index contributed by atoms with van der Waals surface area (Å²) in [4.78, 5) is 23.3. The summed E-state index contributed by atoms with van der Waals surface area (Å²) in [6.45, 7) is 2.01. The molecule has 0 unspecified atom stereocenters. The first kappa shape index (κ1) is 15.9. The highest BCUT2D eigenvalue weighted by Gasteiger charge is 2.13. The molecule has 0 radical (unpaired) electrons. The quantitative estimate of drug-likeness (QED) is 0.885. The van der Waals surface area contributed by atoms with Crippen molar-refractivity contribution in [2.45, 2.75) is 25.7 Å². The Kier molecular flexibility index (Phi) is 5.23. The first-order valence-electron chi connectivity index (χ1n) is 7.87. The number of benzene rings is 1. The number of rotatable bonds is 3. The molecule has 1 saturated heterocycles. The third-order valence-corrected chi connectivity index (χ3v) is 4.59. The maximum Gasteiger partial charge on any atom is 0.256 e. The van der Waals surface area contributed by atoms with E-state index in [4.69, 9.17) is 0 Å². The molecule has 3 rings (SSSR count). The summed E-state index contributed by atoms with van der Waals surface area (Å²) in [6.07, 6.45) is 8.25. The summed E-state index contributed by atoms with van der Waals surface area (Å²) < 4.78 is 0.764. The van der Waals surface area contributed by atoms with Gasteiger partial charge in [0.1, 0.15) is 0 Å². The fraction of sp³-hybridized carbons (Fsp3) is 0.353. The predicted molar refractivity (Wildman–Crippen MR) is 94.8 cm³/mol. The number of amides is 1. The Labute approximate surface area is 144 Å². The number of carbonyl (C=O) groups excluding carboxylic acids is 1. The molecule has 0 bridgehead atoms. The Bertz CT molecular complexity index is 667. The van der Waals surface area contributed by atoms with Crippen molar-refractivity contribution in [1.29, 1.82) is 0 Å². The highest BCUT2D eigenvalue weighted by atomic mass is 79.9. The molecule has 1 fully saturated rings. The van der Waals surface area contributed by atoms with Crippen LogP contribution in [0.4, 0.5) is 11.6 Å². The Hall–Kier alpha value is -1.95. The van der Waals surface area contributed by atoms with Crippen molar-refractivity contribution < 1.29 is 4.79 Å². The van der Waals surface area contributed by atoms with Crippen LogP contribution in [-0.2, 0) is 0 Å². The molecule has 120 valence electrons. The Morgan fingerprint density at radius 2 is 1.70 bits per heavy atom. The van der Waals surface area contributed by atoms with Gasteiger partial charge in [-0.3, -0.25) is 4.79 Å². The van der Waals surface area contributed by atoms with Gasteiger partial charge in [0, 0.05) is 17.6 Å². The van der Waals surface area contributed by atoms with Crippen molar-refractivity contribution in [3.8, 4) is 0 Å². The molecule has 0 saturated carbocycles. The summed E-state index contributed by atoms with van der Waals surface area (Å²) >= 11 is 3.38. The molecule has 23 heavy (non-hydrogen) atoms. The van der Waals surface area contributed by atoms with Crippen LogP contribution in [-0.4, -0.2) is 29.0 Å². The molecule has 0 atom stereocenters. The van der Waals surface area contributed by atoms with Gasteiger partial charge >= 0.3 is 0 Å². The van der Waals surface area contributed by atoms with Crippen LogP contribution in [0.25, 0.3) is 0 Å². The van der Waals surface area contributed by atoms with Gasteiger partial charge in [0.2, 0.25) is 5.95 Å². The normalized spacial score (nSPS) is 15.1. The molecular formula is C17H19BrN4O. The zero-order valence-corrected chi connectivity index (χ0v) is 14.4. The second-order valence-electron chi connectivity index (χ2n) is 5.61. The Morgan fingerprint density at radius 1 is 1.04 bits per heavy atom. The lowest BCUT2D eigenvalue weighted by molar-refractivity contribution is 0.102. The third kappa shape index (κ3) is 4.07. The van der Waals surface area contributed by atoms with Gasteiger partial charge in [-0.1, -0.05) is 25.0 Å². The molecule has 5 nitrogen and oxygen atoms in total. The van der Waals surface area contributed by atoms with Gasteiger partial charge in [-0.05, 0) is 40.9 Å². The van der Waals surface area contributed by atoms with Gasteiger partial charge < -0.3 is 10.2 Å². The van der Waals surface area contributed by atoms with Gasteiger partial charge in [0.05, 0.1) is 23.6 Å². The van der Waals surface area contributed by atoms with Crippen molar-refractivity contribution in [2.75, 3.05) is 23.3 Å². The second-order valence-corrected chi connectivity index (χ2v) is 6.46. The average Bonchev–Trinajstić information content (AvgIpc) is 2.85. The fourth-order valence-corrected chi connectivity index (χ4v) is 3.13. The van der Waals surface area contributed by atoms with Crippen molar-refractivity contribution in [3.63, 3.8) is 0 Å². The number of aromatic nitrogens is 2. The number of hydrogen-bond donors (Lipinski definition) is 1. The maximum atomic E-state index is 12.3. The highest BCUT2D eigenvalue weighted by molar-refractivity contribution is 9.10. The maximum absolute atomic E-state index is 12.3. The standard InChI is InChI=1S/C17H19BrN4O/c18-15-8-4-3-7-14(15)16(23)21-13-11-19-17(20-12-13)22-9-5-1-2-6-10-22/h3-4,7-8,11-12H,1-2,5-6,9-10H2,(H,21,23). The largest absolute Gasteiger partial charge is 0.341 e. The molecule has 2 heterocycles. The molecule has 1 N–H and O–H groups in total. The summed E-state index contributed by atoms with van der Waals surface area (Å²) in [7, 11) is 0. The van der Waals surface area contributed by atoms with E-state index in [1.54, 1.807) is 18.5 Å². The topological polar surface area (TPSA) is 58.1 Å². The van der Waals surface area contributed by atoms with Crippen LogP contribution in [0, 0.1) is 0 Å². The van der Waals surface area contributed by atoms with E-state index in [0.717, 1.165) is 23.5 Å². The summed E-state index contributed by atoms with van der Waals surface area (Å²) in [5, 5.41) is 2.83. The minimum atomic E-state index is -0.177. The highest BCUT2D eigenvalue weighted by Crippen LogP contribution is 2.19. The smallest absolute Gasteiger partial charge is 0.256 e. The summed E-state index contributed by atoms with van der Waals surface area (Å²) in [5.41, 5.74) is 1.19. The van der Waals surface area contributed by atoms with Crippen LogP contribution in [0.3, 0.4) is 0 Å². The van der Waals surface area contributed by atoms with Crippen LogP contribution >= 0.6 is 15.9 Å². The van der Waals surface area contributed by atoms with E-state index in [2.05, 4.69) is 36.1 Å². The van der Waals surface area contributed by atoms with E-state index in [1.807, 2.05) is 18.2 Å². The Morgan fingerprint density at radius 3 is 2.35 bits per heavy atom.